The van der Waals surface area contributed by atoms with Crippen molar-refractivity contribution >= 4 is 35.0 Å². The lowest BCUT2D eigenvalue weighted by Crippen LogP contribution is -2.12. The van der Waals surface area contributed by atoms with Gasteiger partial charge in [0.15, 0.2) is 0 Å². The van der Waals surface area contributed by atoms with E-state index < -0.39 is 0 Å². The van der Waals surface area contributed by atoms with E-state index in [1.54, 1.807) is 36.0 Å². The first-order chi connectivity index (χ1) is 12.0. The number of rotatable bonds is 4. The molecule has 25 heavy (non-hydrogen) atoms. The van der Waals surface area contributed by atoms with Crippen LogP contribution in [0.25, 0.3) is 0 Å². The molecule has 126 valence electrons. The second-order valence-corrected chi connectivity index (χ2v) is 7.35. The Bertz CT molecular complexity index is 906. The van der Waals surface area contributed by atoms with Crippen LogP contribution in [0.5, 0.6) is 0 Å². The second-order valence-electron chi connectivity index (χ2n) is 5.83. The van der Waals surface area contributed by atoms with Crippen molar-refractivity contribution in [3.63, 3.8) is 0 Å². The highest BCUT2D eigenvalue weighted by Crippen LogP contribution is 2.31. The van der Waals surface area contributed by atoms with E-state index in [4.69, 9.17) is 11.6 Å². The van der Waals surface area contributed by atoms with Gasteiger partial charge in [-0.15, -0.1) is 0 Å². The van der Waals surface area contributed by atoms with E-state index in [-0.39, 0.29) is 5.91 Å². The van der Waals surface area contributed by atoms with Gasteiger partial charge in [0.05, 0.1) is 10.6 Å². The highest BCUT2D eigenvalue weighted by atomic mass is 35.5. The number of hydrogen-bond donors (Lipinski definition) is 1. The number of aryl methyl sites for hydroxylation is 2. The zero-order valence-corrected chi connectivity index (χ0v) is 15.6. The lowest BCUT2D eigenvalue weighted by Gasteiger charge is -2.09. The summed E-state index contributed by atoms with van der Waals surface area (Å²) in [6.07, 6.45) is 0. The molecule has 2 nitrogen and oxygen atoms in total. The van der Waals surface area contributed by atoms with Crippen molar-refractivity contribution in [2.24, 2.45) is 0 Å². The average Bonchev–Trinajstić information content (AvgIpc) is 2.60. The van der Waals surface area contributed by atoms with Crippen LogP contribution in [0, 0.1) is 13.8 Å². The molecule has 0 aliphatic carbocycles. The van der Waals surface area contributed by atoms with Gasteiger partial charge < -0.3 is 5.32 Å². The molecule has 0 aliphatic heterocycles. The molecule has 0 spiro atoms. The molecule has 3 rings (SSSR count). The molecule has 0 heterocycles. The molecule has 0 unspecified atom stereocenters. The third-order valence-electron chi connectivity index (χ3n) is 3.80. The highest BCUT2D eigenvalue weighted by Gasteiger charge is 2.10. The Kier molecular flexibility index (Phi) is 5.47. The summed E-state index contributed by atoms with van der Waals surface area (Å²) in [6.45, 7) is 4.21. The van der Waals surface area contributed by atoms with Crippen LogP contribution in [0.1, 0.15) is 21.5 Å². The first-order valence-electron chi connectivity index (χ1n) is 7.94. The van der Waals surface area contributed by atoms with Gasteiger partial charge in [0, 0.05) is 15.5 Å². The predicted octanol–water partition coefficient (Wildman–Crippen LogP) is 6.36. The maximum atomic E-state index is 12.3. The Morgan fingerprint density at radius 2 is 1.68 bits per heavy atom. The summed E-state index contributed by atoms with van der Waals surface area (Å²) in [5.41, 5.74) is 3.72. The molecular weight excluding hydrogens is 350 g/mol. The van der Waals surface area contributed by atoms with E-state index >= 15 is 0 Å². The molecule has 0 aromatic heterocycles. The van der Waals surface area contributed by atoms with E-state index in [1.807, 2.05) is 24.3 Å². The van der Waals surface area contributed by atoms with Crippen molar-refractivity contribution in [1.29, 1.82) is 0 Å². The zero-order valence-electron chi connectivity index (χ0n) is 14.0. The smallest absolute Gasteiger partial charge is 0.257 e. The summed E-state index contributed by atoms with van der Waals surface area (Å²) >= 11 is 7.79. The van der Waals surface area contributed by atoms with Crippen molar-refractivity contribution < 1.29 is 4.79 Å². The second kappa shape index (κ2) is 7.77. The van der Waals surface area contributed by atoms with Gasteiger partial charge in [-0.1, -0.05) is 47.6 Å². The fourth-order valence-electron chi connectivity index (χ4n) is 2.39. The third-order valence-corrected chi connectivity index (χ3v) is 5.30. The minimum absolute atomic E-state index is 0.208. The van der Waals surface area contributed by atoms with Crippen molar-refractivity contribution in [3.8, 4) is 0 Å². The minimum atomic E-state index is -0.208. The maximum Gasteiger partial charge on any atom is 0.257 e. The Labute approximate surface area is 157 Å². The first-order valence-corrected chi connectivity index (χ1v) is 9.13. The number of amides is 1. The molecule has 0 saturated heterocycles. The number of anilines is 1. The van der Waals surface area contributed by atoms with Crippen LogP contribution in [0.3, 0.4) is 0 Å². The Balaban J connectivity index is 1.71. The van der Waals surface area contributed by atoms with Gasteiger partial charge >= 0.3 is 0 Å². The van der Waals surface area contributed by atoms with Crippen molar-refractivity contribution in [1.82, 2.24) is 0 Å². The van der Waals surface area contributed by atoms with Crippen LogP contribution >= 0.6 is 23.4 Å². The number of carbonyl (C=O) groups is 1. The fraction of sp³-hybridized carbons (Fsp3) is 0.0952. The molecule has 0 atom stereocenters. The van der Waals surface area contributed by atoms with E-state index in [9.17, 15) is 4.79 Å². The number of nitrogens with one attached hydrogen (secondary N) is 1. The van der Waals surface area contributed by atoms with Gasteiger partial charge in [-0.05, 0) is 67.4 Å². The molecular formula is C21H18ClNOS. The molecule has 0 aliphatic rings. The third kappa shape index (κ3) is 4.44. The van der Waals surface area contributed by atoms with E-state index in [1.165, 1.54) is 16.0 Å². The van der Waals surface area contributed by atoms with Crippen LogP contribution in [-0.2, 0) is 0 Å². The monoisotopic (exact) mass is 367 g/mol. The van der Waals surface area contributed by atoms with Gasteiger partial charge in [0.25, 0.3) is 5.91 Å². The number of benzene rings is 3. The number of carbonyl (C=O) groups excluding carboxylic acids is 1. The minimum Gasteiger partial charge on any atom is -0.322 e. The van der Waals surface area contributed by atoms with Crippen molar-refractivity contribution in [2.45, 2.75) is 23.6 Å². The topological polar surface area (TPSA) is 29.1 Å². The van der Waals surface area contributed by atoms with Gasteiger partial charge in [-0.3, -0.25) is 4.79 Å². The largest absolute Gasteiger partial charge is 0.322 e. The average molecular weight is 368 g/mol. The van der Waals surface area contributed by atoms with Gasteiger partial charge in [-0.25, -0.2) is 0 Å². The highest BCUT2D eigenvalue weighted by molar-refractivity contribution is 7.99. The molecule has 3 aromatic carbocycles. The summed E-state index contributed by atoms with van der Waals surface area (Å²) in [5, 5.41) is 3.32. The maximum absolute atomic E-state index is 12.3. The van der Waals surface area contributed by atoms with E-state index in [0.29, 0.717) is 10.6 Å². The van der Waals surface area contributed by atoms with Gasteiger partial charge in [0.2, 0.25) is 0 Å². The predicted molar refractivity (Wildman–Crippen MR) is 106 cm³/mol. The molecule has 1 N–H and O–H groups in total. The summed E-state index contributed by atoms with van der Waals surface area (Å²) in [7, 11) is 0. The summed E-state index contributed by atoms with van der Waals surface area (Å²) in [4.78, 5) is 14.7. The molecule has 0 radical (unpaired) electrons. The van der Waals surface area contributed by atoms with Crippen LogP contribution < -0.4 is 5.32 Å². The molecule has 0 saturated carbocycles. The standard InChI is InChI=1S/C21H18ClNOS/c1-14-7-8-15(2)20(13-14)25-17-11-9-16(10-12-17)23-21(24)18-5-3-4-6-19(18)22/h3-13H,1-2H3,(H,23,24). The van der Waals surface area contributed by atoms with Crippen LogP contribution in [0.2, 0.25) is 5.02 Å². The van der Waals surface area contributed by atoms with Gasteiger partial charge in [0.1, 0.15) is 0 Å². The fourth-order valence-corrected chi connectivity index (χ4v) is 3.62. The quantitative estimate of drug-likeness (QED) is 0.581. The number of hydrogen-bond acceptors (Lipinski definition) is 2. The summed E-state index contributed by atoms with van der Waals surface area (Å²) < 4.78 is 0. The molecule has 0 fully saturated rings. The summed E-state index contributed by atoms with van der Waals surface area (Å²) in [5.74, 6) is -0.208. The summed E-state index contributed by atoms with van der Waals surface area (Å²) in [6, 6.07) is 21.3. The lowest BCUT2D eigenvalue weighted by molar-refractivity contribution is 0.102. The molecule has 1 amide bonds. The Morgan fingerprint density at radius 1 is 0.960 bits per heavy atom. The van der Waals surface area contributed by atoms with Crippen LogP contribution in [0.4, 0.5) is 5.69 Å². The first kappa shape index (κ1) is 17.6. The normalized spacial score (nSPS) is 10.5. The molecule has 3 aromatic rings. The van der Waals surface area contributed by atoms with Gasteiger partial charge in [-0.2, -0.15) is 0 Å². The van der Waals surface area contributed by atoms with E-state index in [0.717, 1.165) is 10.6 Å². The Morgan fingerprint density at radius 3 is 2.40 bits per heavy atom. The Hall–Kier alpha value is -2.23. The van der Waals surface area contributed by atoms with Crippen LogP contribution in [0.15, 0.2) is 76.5 Å². The molecule has 4 heteroatoms. The molecule has 0 bridgehead atoms. The lowest BCUT2D eigenvalue weighted by atomic mass is 10.2. The zero-order chi connectivity index (χ0) is 17.8. The van der Waals surface area contributed by atoms with Crippen molar-refractivity contribution in [2.75, 3.05) is 5.32 Å². The number of halogens is 1. The SMILES string of the molecule is Cc1ccc(C)c(Sc2ccc(NC(=O)c3ccccc3Cl)cc2)c1. The van der Waals surface area contributed by atoms with Crippen molar-refractivity contribution in [3.05, 3.63) is 88.4 Å². The van der Waals surface area contributed by atoms with E-state index in [2.05, 4.69) is 37.4 Å². The van der Waals surface area contributed by atoms with Crippen LogP contribution in [-0.4, -0.2) is 5.91 Å².